The lowest BCUT2D eigenvalue weighted by Crippen LogP contribution is -2.31. The highest BCUT2D eigenvalue weighted by atomic mass is 16.4. The third-order valence-corrected chi connectivity index (χ3v) is 2.89. The van der Waals surface area contributed by atoms with E-state index in [4.69, 9.17) is 5.11 Å². The zero-order chi connectivity index (χ0) is 13.4. The van der Waals surface area contributed by atoms with E-state index in [1.165, 1.54) is 0 Å². The summed E-state index contributed by atoms with van der Waals surface area (Å²) in [5.74, 6) is -0.179. The molecule has 0 unspecified atom stereocenters. The highest BCUT2D eigenvalue weighted by Gasteiger charge is 2.21. The first kappa shape index (κ1) is 11.5. The number of carbonyl (C=O) groups is 1. The molecule has 0 saturated heterocycles. The number of benzene rings is 1. The first-order valence-corrected chi connectivity index (χ1v) is 5.77. The first-order valence-electron chi connectivity index (χ1n) is 5.77. The number of hydrogen-bond donors (Lipinski definition) is 3. The molecule has 1 aromatic carbocycles. The lowest BCUT2D eigenvalue weighted by Gasteiger charge is -2.16. The minimum absolute atomic E-state index is 0.257. The molecule has 3 rings (SSSR count). The second-order valence-electron chi connectivity index (χ2n) is 4.31. The smallest absolute Gasteiger partial charge is 0.335 e. The van der Waals surface area contributed by atoms with Crippen molar-refractivity contribution < 1.29 is 9.90 Å². The third kappa shape index (κ3) is 1.98. The van der Waals surface area contributed by atoms with Gasteiger partial charge in [0.25, 0.3) is 0 Å². The van der Waals surface area contributed by atoms with E-state index in [0.717, 1.165) is 22.8 Å². The number of carboxylic acids is 1. The van der Waals surface area contributed by atoms with E-state index in [1.54, 1.807) is 35.5 Å². The average Bonchev–Trinajstić information content (AvgIpc) is 2.81. The summed E-state index contributed by atoms with van der Waals surface area (Å²) in [5.41, 5.74) is 9.04. The molecule has 0 atom stereocenters. The molecular weight excluding hydrogens is 244 g/mol. The molecule has 19 heavy (non-hydrogen) atoms. The average molecular weight is 256 g/mol. The van der Waals surface area contributed by atoms with Crippen LogP contribution in [0.1, 0.15) is 15.9 Å². The van der Waals surface area contributed by atoms with Gasteiger partial charge in [0.1, 0.15) is 0 Å². The number of nitrogens with one attached hydrogen (secondary N) is 2. The Morgan fingerprint density at radius 3 is 2.74 bits per heavy atom. The van der Waals surface area contributed by atoms with Crippen molar-refractivity contribution >= 4 is 23.2 Å². The van der Waals surface area contributed by atoms with E-state index in [2.05, 4.69) is 15.9 Å². The van der Waals surface area contributed by atoms with Gasteiger partial charge in [0.15, 0.2) is 5.82 Å². The van der Waals surface area contributed by atoms with Crippen molar-refractivity contribution in [2.24, 2.45) is 0 Å². The lowest BCUT2D eigenvalue weighted by atomic mass is 10.2. The summed E-state index contributed by atoms with van der Waals surface area (Å²) in [5, 5.41) is 10.6. The van der Waals surface area contributed by atoms with Gasteiger partial charge < -0.3 is 5.11 Å². The van der Waals surface area contributed by atoms with Gasteiger partial charge in [0.05, 0.1) is 16.9 Å². The summed E-state index contributed by atoms with van der Waals surface area (Å²) in [6.07, 6.45) is 1.78. The number of rotatable bonds is 2. The van der Waals surface area contributed by atoms with Gasteiger partial charge in [-0.25, -0.2) is 14.8 Å². The molecule has 6 nitrogen and oxygen atoms in total. The van der Waals surface area contributed by atoms with Crippen molar-refractivity contribution in [2.75, 3.05) is 10.4 Å². The molecule has 1 aliphatic rings. The van der Waals surface area contributed by atoms with E-state index in [1.807, 2.05) is 13.0 Å². The third-order valence-electron chi connectivity index (χ3n) is 2.89. The van der Waals surface area contributed by atoms with E-state index < -0.39 is 5.97 Å². The number of anilines is 3. The number of aromatic nitrogens is 1. The van der Waals surface area contributed by atoms with E-state index in [9.17, 15) is 4.79 Å². The number of aromatic carboxylic acids is 1. The highest BCUT2D eigenvalue weighted by molar-refractivity contribution is 5.88. The Hall–Kier alpha value is -2.60. The minimum Gasteiger partial charge on any atom is -0.478 e. The second-order valence-corrected chi connectivity index (χ2v) is 4.31. The summed E-state index contributed by atoms with van der Waals surface area (Å²) in [4.78, 5) is 15.2. The van der Waals surface area contributed by atoms with Crippen LogP contribution in [0.3, 0.4) is 0 Å². The molecule has 0 fully saturated rings. The maximum absolute atomic E-state index is 10.8. The monoisotopic (exact) mass is 256 g/mol. The number of pyridine rings is 1. The van der Waals surface area contributed by atoms with E-state index >= 15 is 0 Å². The quantitative estimate of drug-likeness (QED) is 0.763. The Labute approximate surface area is 109 Å². The predicted octanol–water partition coefficient (Wildman–Crippen LogP) is 2.07. The van der Waals surface area contributed by atoms with Crippen molar-refractivity contribution in [3.8, 4) is 0 Å². The van der Waals surface area contributed by atoms with Gasteiger partial charge in [-0.05, 0) is 42.8 Å². The first-order chi connectivity index (χ1) is 9.15. The second kappa shape index (κ2) is 4.25. The number of hydrogen-bond acceptors (Lipinski definition) is 5. The molecule has 2 aromatic rings. The summed E-state index contributed by atoms with van der Waals surface area (Å²) in [6, 6.07) is 8.57. The number of carboxylic acid groups (broad SMARTS) is 1. The molecule has 0 aliphatic carbocycles. The van der Waals surface area contributed by atoms with Gasteiger partial charge >= 0.3 is 5.97 Å². The summed E-state index contributed by atoms with van der Waals surface area (Å²) in [7, 11) is 0. The molecule has 0 saturated carbocycles. The summed E-state index contributed by atoms with van der Waals surface area (Å²) < 4.78 is 0. The molecule has 2 heterocycles. The van der Waals surface area contributed by atoms with Crippen LogP contribution < -0.4 is 16.0 Å². The van der Waals surface area contributed by atoms with Gasteiger partial charge in [0, 0.05) is 6.20 Å². The molecule has 1 aliphatic heterocycles. The standard InChI is InChI=1S/C13H12N4O2/c1-8-6-11-12(14-7-8)17(16-15-11)10-4-2-9(3-5-10)13(18)19/h2-7,15-16H,1H3,(H,18,19). The maximum atomic E-state index is 10.8. The van der Waals surface area contributed by atoms with Gasteiger partial charge in [-0.3, -0.25) is 5.43 Å². The van der Waals surface area contributed by atoms with E-state index in [0.29, 0.717) is 0 Å². The van der Waals surface area contributed by atoms with Crippen LogP contribution in [-0.4, -0.2) is 16.1 Å². The molecule has 1 aromatic heterocycles. The molecule has 0 amide bonds. The van der Waals surface area contributed by atoms with Crippen molar-refractivity contribution in [1.82, 2.24) is 10.5 Å². The number of aryl methyl sites for hydroxylation is 1. The highest BCUT2D eigenvalue weighted by Crippen LogP contribution is 2.32. The largest absolute Gasteiger partial charge is 0.478 e. The zero-order valence-electron chi connectivity index (χ0n) is 10.2. The lowest BCUT2D eigenvalue weighted by molar-refractivity contribution is 0.0697. The van der Waals surface area contributed by atoms with Crippen LogP contribution in [0.15, 0.2) is 36.5 Å². The normalized spacial score (nSPS) is 13.0. The fraction of sp³-hybridized carbons (Fsp3) is 0.0769. The number of fused-ring (bicyclic) bond motifs is 1. The number of nitrogens with zero attached hydrogens (tertiary/aromatic N) is 2. The van der Waals surface area contributed by atoms with Crippen molar-refractivity contribution in [2.45, 2.75) is 6.92 Å². The fourth-order valence-electron chi connectivity index (χ4n) is 1.94. The minimum atomic E-state index is -0.937. The van der Waals surface area contributed by atoms with Crippen LogP contribution in [0.2, 0.25) is 0 Å². The number of hydrazine groups is 2. The van der Waals surface area contributed by atoms with Gasteiger partial charge in [-0.15, -0.1) is 5.53 Å². The van der Waals surface area contributed by atoms with Crippen LogP contribution in [0.4, 0.5) is 17.2 Å². The predicted molar refractivity (Wildman–Crippen MR) is 71.3 cm³/mol. The van der Waals surface area contributed by atoms with Crippen LogP contribution in [0.5, 0.6) is 0 Å². The van der Waals surface area contributed by atoms with E-state index in [-0.39, 0.29) is 5.56 Å². The topological polar surface area (TPSA) is 77.5 Å². The Balaban J connectivity index is 1.95. The SMILES string of the molecule is Cc1cnc2c(c1)NNN2c1ccc(C(=O)O)cc1. The van der Waals surface area contributed by atoms with Crippen LogP contribution >= 0.6 is 0 Å². The van der Waals surface area contributed by atoms with Crippen LogP contribution in [0.25, 0.3) is 0 Å². The Morgan fingerprint density at radius 2 is 2.05 bits per heavy atom. The molecule has 0 bridgehead atoms. The van der Waals surface area contributed by atoms with Gasteiger partial charge in [0.2, 0.25) is 0 Å². The van der Waals surface area contributed by atoms with Crippen molar-refractivity contribution in [1.29, 1.82) is 0 Å². The van der Waals surface area contributed by atoms with Crippen LogP contribution in [-0.2, 0) is 0 Å². The Bertz CT molecular complexity index is 640. The molecule has 3 N–H and O–H groups in total. The molecule has 0 spiro atoms. The zero-order valence-corrected chi connectivity index (χ0v) is 10.2. The van der Waals surface area contributed by atoms with Crippen molar-refractivity contribution in [3.05, 3.63) is 47.7 Å². The molecule has 0 radical (unpaired) electrons. The summed E-state index contributed by atoms with van der Waals surface area (Å²) in [6.45, 7) is 1.97. The van der Waals surface area contributed by atoms with Gasteiger partial charge in [-0.2, -0.15) is 0 Å². The molecular formula is C13H12N4O2. The molecule has 96 valence electrons. The Morgan fingerprint density at radius 1 is 1.32 bits per heavy atom. The Kier molecular flexibility index (Phi) is 2.57. The maximum Gasteiger partial charge on any atom is 0.335 e. The molecule has 6 heteroatoms. The summed E-state index contributed by atoms with van der Waals surface area (Å²) >= 11 is 0. The van der Waals surface area contributed by atoms with Crippen molar-refractivity contribution in [3.63, 3.8) is 0 Å². The fourth-order valence-corrected chi connectivity index (χ4v) is 1.94. The van der Waals surface area contributed by atoms with Crippen LogP contribution in [0, 0.1) is 6.92 Å². The van der Waals surface area contributed by atoms with Gasteiger partial charge in [-0.1, -0.05) is 0 Å².